The van der Waals surface area contributed by atoms with E-state index in [1.165, 1.54) is 6.07 Å². The van der Waals surface area contributed by atoms with Crippen molar-refractivity contribution in [3.8, 4) is 17.2 Å². The van der Waals surface area contributed by atoms with Crippen molar-refractivity contribution in [2.24, 2.45) is 0 Å². The van der Waals surface area contributed by atoms with Crippen LogP contribution in [0.2, 0.25) is 0 Å². The third kappa shape index (κ3) is 3.93. The molecule has 1 heterocycles. The Labute approximate surface area is 168 Å². The number of benzene rings is 3. The molecule has 6 heteroatoms. The Morgan fingerprint density at radius 1 is 0.966 bits per heavy atom. The monoisotopic (exact) mass is 390 g/mol. The van der Waals surface area contributed by atoms with Crippen LogP contribution in [-0.4, -0.2) is 60.3 Å². The molecule has 1 saturated heterocycles. The third-order valence-corrected chi connectivity index (χ3v) is 5.26. The highest BCUT2D eigenvalue weighted by Crippen LogP contribution is 2.30. The van der Waals surface area contributed by atoms with E-state index in [-0.39, 0.29) is 17.2 Å². The van der Waals surface area contributed by atoms with Gasteiger partial charge in [-0.3, -0.25) is 9.59 Å². The van der Waals surface area contributed by atoms with E-state index in [2.05, 4.69) is 11.9 Å². The number of nitrogens with zero attached hydrogens (tertiary/aromatic N) is 2. The first-order valence-electron chi connectivity index (χ1n) is 9.52. The predicted octanol–water partition coefficient (Wildman–Crippen LogP) is 3.54. The number of ether oxygens (including phenoxy) is 1. The highest BCUT2D eigenvalue weighted by molar-refractivity contribution is 6.01. The van der Waals surface area contributed by atoms with Crippen molar-refractivity contribution in [3.05, 3.63) is 65.7 Å². The van der Waals surface area contributed by atoms with Crippen LogP contribution in [-0.2, 0) is 0 Å². The normalized spacial score (nSPS) is 14.7. The molecule has 3 aromatic rings. The lowest BCUT2D eigenvalue weighted by molar-refractivity contribution is 0.0664. The van der Waals surface area contributed by atoms with E-state index in [4.69, 9.17) is 4.74 Å². The number of rotatable bonds is 4. The van der Waals surface area contributed by atoms with Crippen molar-refractivity contribution >= 4 is 23.0 Å². The van der Waals surface area contributed by atoms with E-state index >= 15 is 0 Å². The van der Waals surface area contributed by atoms with Crippen LogP contribution in [0.15, 0.2) is 54.6 Å². The summed E-state index contributed by atoms with van der Waals surface area (Å²) in [5.74, 6) is 1.23. The number of aromatic hydroxyl groups is 1. The summed E-state index contributed by atoms with van der Waals surface area (Å²) in [5, 5.41) is 11.3. The smallest absolute Gasteiger partial charge is 0.253 e. The first-order chi connectivity index (χ1) is 14.0. The van der Waals surface area contributed by atoms with Gasteiger partial charge in [-0.15, -0.1) is 0 Å². The zero-order chi connectivity index (χ0) is 20.4. The quantitative estimate of drug-likeness (QED) is 0.690. The number of hydrogen-bond donors (Lipinski definition) is 1. The van der Waals surface area contributed by atoms with Gasteiger partial charge in [0.25, 0.3) is 5.91 Å². The SMILES string of the molecule is CN1CCN(C(=O)c2ccc(Oc3ccc4c(C=O)c(O)ccc4c3)cc2)CC1. The number of piperazine rings is 1. The van der Waals surface area contributed by atoms with Crippen LogP contribution in [0.3, 0.4) is 0 Å². The number of amides is 1. The van der Waals surface area contributed by atoms with Gasteiger partial charge in [0.1, 0.15) is 17.2 Å². The number of hydrogen-bond acceptors (Lipinski definition) is 5. The van der Waals surface area contributed by atoms with Gasteiger partial charge in [0, 0.05) is 31.7 Å². The molecule has 3 aromatic carbocycles. The van der Waals surface area contributed by atoms with E-state index in [1.807, 2.05) is 11.0 Å². The summed E-state index contributed by atoms with van der Waals surface area (Å²) in [6.45, 7) is 3.25. The van der Waals surface area contributed by atoms with Crippen molar-refractivity contribution in [2.45, 2.75) is 0 Å². The molecule has 0 bridgehead atoms. The summed E-state index contributed by atoms with van der Waals surface area (Å²) < 4.78 is 5.90. The first kappa shape index (κ1) is 19.0. The number of phenols is 1. The maximum atomic E-state index is 12.6. The highest BCUT2D eigenvalue weighted by Gasteiger charge is 2.20. The Hall–Kier alpha value is -3.38. The summed E-state index contributed by atoms with van der Waals surface area (Å²) in [4.78, 5) is 27.9. The van der Waals surface area contributed by atoms with Gasteiger partial charge < -0.3 is 19.6 Å². The van der Waals surface area contributed by atoms with E-state index in [0.717, 1.165) is 31.6 Å². The lowest BCUT2D eigenvalue weighted by Gasteiger charge is -2.32. The number of aldehydes is 1. The van der Waals surface area contributed by atoms with Crippen LogP contribution in [0.5, 0.6) is 17.2 Å². The summed E-state index contributed by atoms with van der Waals surface area (Å²) >= 11 is 0. The molecule has 0 unspecified atom stereocenters. The number of likely N-dealkylation sites (N-methyl/N-ethyl adjacent to an activating group) is 1. The molecule has 0 spiro atoms. The Bertz CT molecular complexity index is 1050. The second kappa shape index (κ2) is 7.93. The summed E-state index contributed by atoms with van der Waals surface area (Å²) in [7, 11) is 2.06. The van der Waals surface area contributed by atoms with Gasteiger partial charge in [-0.05, 0) is 66.4 Å². The fourth-order valence-corrected chi connectivity index (χ4v) is 3.50. The average molecular weight is 390 g/mol. The number of fused-ring (bicyclic) bond motifs is 1. The molecule has 0 radical (unpaired) electrons. The zero-order valence-corrected chi connectivity index (χ0v) is 16.2. The second-order valence-electron chi connectivity index (χ2n) is 7.22. The van der Waals surface area contributed by atoms with Gasteiger partial charge in [-0.25, -0.2) is 0 Å². The van der Waals surface area contributed by atoms with Gasteiger partial charge in [0.15, 0.2) is 6.29 Å². The van der Waals surface area contributed by atoms with E-state index in [9.17, 15) is 14.7 Å². The standard InChI is InChI=1S/C23H22N2O4/c1-24-10-12-25(13-11-24)23(28)16-2-5-18(6-3-16)29-19-7-8-20-17(14-19)4-9-22(27)21(20)15-26/h2-9,14-15,27H,10-13H2,1H3. The Balaban J connectivity index is 1.49. The molecule has 1 aliphatic rings. The topological polar surface area (TPSA) is 70.1 Å². The van der Waals surface area contributed by atoms with Gasteiger partial charge in [-0.2, -0.15) is 0 Å². The first-order valence-corrected chi connectivity index (χ1v) is 9.52. The van der Waals surface area contributed by atoms with Crippen molar-refractivity contribution in [2.75, 3.05) is 33.2 Å². The van der Waals surface area contributed by atoms with E-state index in [0.29, 0.717) is 28.7 Å². The largest absolute Gasteiger partial charge is 0.507 e. The Morgan fingerprint density at radius 3 is 2.34 bits per heavy atom. The molecule has 1 fully saturated rings. The highest BCUT2D eigenvalue weighted by atomic mass is 16.5. The van der Waals surface area contributed by atoms with Gasteiger partial charge >= 0.3 is 0 Å². The van der Waals surface area contributed by atoms with Crippen LogP contribution < -0.4 is 4.74 Å². The zero-order valence-electron chi connectivity index (χ0n) is 16.2. The average Bonchev–Trinajstić information content (AvgIpc) is 2.74. The summed E-state index contributed by atoms with van der Waals surface area (Å²) in [6.07, 6.45) is 0.647. The van der Waals surface area contributed by atoms with Crippen LogP contribution >= 0.6 is 0 Å². The van der Waals surface area contributed by atoms with Gasteiger partial charge in [-0.1, -0.05) is 6.07 Å². The van der Waals surface area contributed by atoms with Crippen LogP contribution in [0.25, 0.3) is 10.8 Å². The number of phenolic OH excluding ortho intramolecular Hbond substituents is 1. The molecule has 0 atom stereocenters. The molecular formula is C23H22N2O4. The minimum absolute atomic E-state index is 0.0385. The Kier molecular flexibility index (Phi) is 5.18. The van der Waals surface area contributed by atoms with Crippen LogP contribution in [0, 0.1) is 0 Å². The fourth-order valence-electron chi connectivity index (χ4n) is 3.50. The van der Waals surface area contributed by atoms with E-state index < -0.39 is 0 Å². The van der Waals surface area contributed by atoms with Crippen molar-refractivity contribution in [1.82, 2.24) is 9.80 Å². The number of carbonyl (C=O) groups excluding carboxylic acids is 2. The summed E-state index contributed by atoms with van der Waals surface area (Å²) in [5.41, 5.74) is 0.910. The minimum atomic E-state index is -0.0400. The Morgan fingerprint density at radius 2 is 1.66 bits per heavy atom. The van der Waals surface area contributed by atoms with Crippen LogP contribution in [0.1, 0.15) is 20.7 Å². The fraction of sp³-hybridized carbons (Fsp3) is 0.217. The molecule has 1 N–H and O–H groups in total. The second-order valence-corrected chi connectivity index (χ2v) is 7.22. The van der Waals surface area contributed by atoms with Crippen molar-refractivity contribution in [3.63, 3.8) is 0 Å². The third-order valence-electron chi connectivity index (χ3n) is 5.26. The molecule has 148 valence electrons. The molecule has 29 heavy (non-hydrogen) atoms. The van der Waals surface area contributed by atoms with Crippen molar-refractivity contribution in [1.29, 1.82) is 0 Å². The maximum absolute atomic E-state index is 12.6. The van der Waals surface area contributed by atoms with Gasteiger partial charge in [0.2, 0.25) is 0 Å². The predicted molar refractivity (Wildman–Crippen MR) is 111 cm³/mol. The lowest BCUT2D eigenvalue weighted by Crippen LogP contribution is -2.47. The number of carbonyl (C=O) groups is 2. The molecule has 0 aliphatic carbocycles. The molecule has 0 saturated carbocycles. The molecule has 4 rings (SSSR count). The van der Waals surface area contributed by atoms with Gasteiger partial charge in [0.05, 0.1) is 5.56 Å². The molecule has 1 aliphatic heterocycles. The molecule has 1 amide bonds. The lowest BCUT2D eigenvalue weighted by atomic mass is 10.0. The molecular weight excluding hydrogens is 368 g/mol. The minimum Gasteiger partial charge on any atom is -0.507 e. The maximum Gasteiger partial charge on any atom is 0.253 e. The van der Waals surface area contributed by atoms with Crippen LogP contribution in [0.4, 0.5) is 0 Å². The summed E-state index contributed by atoms with van der Waals surface area (Å²) in [6, 6.07) is 15.7. The molecule has 0 aromatic heterocycles. The van der Waals surface area contributed by atoms with E-state index in [1.54, 1.807) is 42.5 Å². The van der Waals surface area contributed by atoms with Crippen molar-refractivity contribution < 1.29 is 19.4 Å². The molecule has 6 nitrogen and oxygen atoms in total.